The van der Waals surface area contributed by atoms with Crippen molar-refractivity contribution in [2.24, 2.45) is 5.41 Å². The zero-order chi connectivity index (χ0) is 15.5. The van der Waals surface area contributed by atoms with Crippen LogP contribution in [0.2, 0.25) is 0 Å². The molecular weight excluding hydrogens is 258 g/mol. The molecular formula is C18H31N3. The van der Waals surface area contributed by atoms with Gasteiger partial charge in [0.05, 0.1) is 0 Å². The Labute approximate surface area is 130 Å². The lowest BCUT2D eigenvalue weighted by Crippen LogP contribution is -2.28. The highest BCUT2D eigenvalue weighted by Crippen LogP contribution is 2.39. The third-order valence-electron chi connectivity index (χ3n) is 5.08. The first kappa shape index (κ1) is 16.3. The standard InChI is InChI=1S/C18H31N3/c1-6-18(7-2)8-9-21(13-18)17-10-15(5)20-12-16(17)11-19-14(3)4/h10,12,14,19H,6-9,11,13H2,1-5H3. The van der Waals surface area contributed by atoms with E-state index < -0.39 is 0 Å². The van der Waals surface area contributed by atoms with Gasteiger partial charge in [0.15, 0.2) is 0 Å². The molecule has 0 amide bonds. The Bertz CT molecular complexity index is 464. The van der Waals surface area contributed by atoms with Crippen LogP contribution in [0.25, 0.3) is 0 Å². The van der Waals surface area contributed by atoms with Crippen molar-refractivity contribution in [2.45, 2.75) is 66.5 Å². The van der Waals surface area contributed by atoms with Crippen LogP contribution in [-0.4, -0.2) is 24.1 Å². The Hall–Kier alpha value is -1.09. The quantitative estimate of drug-likeness (QED) is 0.860. The second-order valence-corrected chi connectivity index (χ2v) is 6.87. The van der Waals surface area contributed by atoms with Gasteiger partial charge in [-0.25, -0.2) is 0 Å². The van der Waals surface area contributed by atoms with E-state index in [4.69, 9.17) is 0 Å². The first-order valence-electron chi connectivity index (χ1n) is 8.43. The summed E-state index contributed by atoms with van der Waals surface area (Å²) >= 11 is 0. The molecule has 0 aliphatic carbocycles. The van der Waals surface area contributed by atoms with Gasteiger partial charge in [-0.3, -0.25) is 4.98 Å². The number of nitrogens with zero attached hydrogens (tertiary/aromatic N) is 2. The molecule has 0 saturated carbocycles. The largest absolute Gasteiger partial charge is 0.371 e. The fourth-order valence-electron chi connectivity index (χ4n) is 3.29. The molecule has 1 aliphatic rings. The molecule has 0 unspecified atom stereocenters. The number of rotatable bonds is 6. The molecule has 1 saturated heterocycles. The maximum absolute atomic E-state index is 4.50. The highest BCUT2D eigenvalue weighted by atomic mass is 15.2. The van der Waals surface area contributed by atoms with E-state index in [1.54, 1.807) is 0 Å². The average Bonchev–Trinajstić information content (AvgIpc) is 2.91. The zero-order valence-electron chi connectivity index (χ0n) is 14.4. The lowest BCUT2D eigenvalue weighted by Gasteiger charge is -2.28. The van der Waals surface area contributed by atoms with Crippen molar-refractivity contribution >= 4 is 5.69 Å². The molecule has 1 aromatic rings. The Morgan fingerprint density at radius 1 is 1.33 bits per heavy atom. The second kappa shape index (κ2) is 6.78. The maximum atomic E-state index is 4.50. The van der Waals surface area contributed by atoms with E-state index in [0.29, 0.717) is 11.5 Å². The maximum Gasteiger partial charge on any atom is 0.0445 e. The Balaban J connectivity index is 2.20. The minimum atomic E-state index is 0.503. The molecule has 1 aliphatic heterocycles. The van der Waals surface area contributed by atoms with Crippen LogP contribution in [0, 0.1) is 12.3 Å². The van der Waals surface area contributed by atoms with E-state index in [-0.39, 0.29) is 0 Å². The van der Waals surface area contributed by atoms with Crippen molar-refractivity contribution in [1.29, 1.82) is 0 Å². The monoisotopic (exact) mass is 289 g/mol. The highest BCUT2D eigenvalue weighted by Gasteiger charge is 2.35. The van der Waals surface area contributed by atoms with E-state index in [0.717, 1.165) is 12.2 Å². The molecule has 0 radical (unpaired) electrons. The van der Waals surface area contributed by atoms with Gasteiger partial charge < -0.3 is 10.2 Å². The SMILES string of the molecule is CCC1(CC)CCN(c2cc(C)ncc2CNC(C)C)C1. The molecule has 21 heavy (non-hydrogen) atoms. The number of aryl methyl sites for hydroxylation is 1. The first-order chi connectivity index (χ1) is 9.99. The van der Waals surface area contributed by atoms with Gasteiger partial charge in [-0.1, -0.05) is 27.7 Å². The minimum Gasteiger partial charge on any atom is -0.371 e. The Kier molecular flexibility index (Phi) is 5.26. The molecule has 2 heterocycles. The molecule has 0 bridgehead atoms. The van der Waals surface area contributed by atoms with Gasteiger partial charge >= 0.3 is 0 Å². The highest BCUT2D eigenvalue weighted by molar-refractivity contribution is 5.54. The van der Waals surface area contributed by atoms with Crippen LogP contribution >= 0.6 is 0 Å². The molecule has 0 spiro atoms. The van der Waals surface area contributed by atoms with E-state index in [1.807, 2.05) is 0 Å². The second-order valence-electron chi connectivity index (χ2n) is 6.87. The number of aromatic nitrogens is 1. The van der Waals surface area contributed by atoms with E-state index in [1.165, 1.54) is 43.6 Å². The number of anilines is 1. The lowest BCUT2D eigenvalue weighted by atomic mass is 9.82. The molecule has 1 N–H and O–H groups in total. The van der Waals surface area contributed by atoms with Crippen LogP contribution in [0.15, 0.2) is 12.3 Å². The van der Waals surface area contributed by atoms with Crippen molar-refractivity contribution in [1.82, 2.24) is 10.3 Å². The number of nitrogens with one attached hydrogen (secondary N) is 1. The summed E-state index contributed by atoms with van der Waals surface area (Å²) in [5.74, 6) is 0. The van der Waals surface area contributed by atoms with Crippen molar-refractivity contribution in [3.8, 4) is 0 Å². The topological polar surface area (TPSA) is 28.2 Å². The average molecular weight is 289 g/mol. The summed E-state index contributed by atoms with van der Waals surface area (Å²) in [7, 11) is 0. The Morgan fingerprint density at radius 3 is 2.62 bits per heavy atom. The van der Waals surface area contributed by atoms with Crippen LogP contribution in [0.5, 0.6) is 0 Å². The summed E-state index contributed by atoms with van der Waals surface area (Å²) in [4.78, 5) is 7.08. The molecule has 3 heteroatoms. The molecule has 0 atom stereocenters. The number of pyridine rings is 1. The lowest BCUT2D eigenvalue weighted by molar-refractivity contribution is 0.301. The van der Waals surface area contributed by atoms with Crippen LogP contribution < -0.4 is 10.2 Å². The van der Waals surface area contributed by atoms with Crippen molar-refractivity contribution in [2.75, 3.05) is 18.0 Å². The fraction of sp³-hybridized carbons (Fsp3) is 0.722. The van der Waals surface area contributed by atoms with Gasteiger partial charge in [-0.05, 0) is 37.7 Å². The Morgan fingerprint density at radius 2 is 2.05 bits per heavy atom. The van der Waals surface area contributed by atoms with Crippen LogP contribution in [0.3, 0.4) is 0 Å². The van der Waals surface area contributed by atoms with Gasteiger partial charge in [0, 0.05) is 48.8 Å². The van der Waals surface area contributed by atoms with E-state index in [9.17, 15) is 0 Å². The van der Waals surface area contributed by atoms with Crippen molar-refractivity contribution in [3.63, 3.8) is 0 Å². The predicted molar refractivity (Wildman–Crippen MR) is 90.8 cm³/mol. The smallest absolute Gasteiger partial charge is 0.0445 e. The van der Waals surface area contributed by atoms with Gasteiger partial charge in [-0.2, -0.15) is 0 Å². The summed E-state index contributed by atoms with van der Waals surface area (Å²) in [6, 6.07) is 2.77. The molecule has 1 aromatic heterocycles. The predicted octanol–water partition coefficient (Wildman–Crippen LogP) is 3.90. The van der Waals surface area contributed by atoms with Crippen molar-refractivity contribution in [3.05, 3.63) is 23.5 Å². The fourth-order valence-corrected chi connectivity index (χ4v) is 3.29. The van der Waals surface area contributed by atoms with Crippen LogP contribution in [0.4, 0.5) is 5.69 Å². The minimum absolute atomic E-state index is 0.503. The zero-order valence-corrected chi connectivity index (χ0v) is 14.4. The van der Waals surface area contributed by atoms with Gasteiger partial charge in [0.1, 0.15) is 0 Å². The molecule has 118 valence electrons. The number of hydrogen-bond acceptors (Lipinski definition) is 3. The molecule has 0 aromatic carbocycles. The molecule has 2 rings (SSSR count). The first-order valence-corrected chi connectivity index (χ1v) is 8.43. The van der Waals surface area contributed by atoms with E-state index >= 15 is 0 Å². The molecule has 1 fully saturated rings. The molecule has 3 nitrogen and oxygen atoms in total. The third-order valence-corrected chi connectivity index (χ3v) is 5.08. The summed E-state index contributed by atoms with van der Waals surface area (Å²) in [5, 5.41) is 3.53. The van der Waals surface area contributed by atoms with Gasteiger partial charge in [-0.15, -0.1) is 0 Å². The summed E-state index contributed by atoms with van der Waals surface area (Å²) in [6.07, 6.45) is 5.93. The summed E-state index contributed by atoms with van der Waals surface area (Å²) < 4.78 is 0. The van der Waals surface area contributed by atoms with Crippen LogP contribution in [0.1, 0.15) is 58.2 Å². The van der Waals surface area contributed by atoms with E-state index in [2.05, 4.69) is 62.1 Å². The third kappa shape index (κ3) is 3.76. The van der Waals surface area contributed by atoms with Crippen LogP contribution in [-0.2, 0) is 6.54 Å². The van der Waals surface area contributed by atoms with Gasteiger partial charge in [0.25, 0.3) is 0 Å². The summed E-state index contributed by atoms with van der Waals surface area (Å²) in [5.41, 5.74) is 4.35. The van der Waals surface area contributed by atoms with Crippen molar-refractivity contribution < 1.29 is 0 Å². The summed E-state index contributed by atoms with van der Waals surface area (Å²) in [6.45, 7) is 14.4. The number of hydrogen-bond donors (Lipinski definition) is 1. The normalized spacial score (nSPS) is 17.7. The van der Waals surface area contributed by atoms with Gasteiger partial charge in [0.2, 0.25) is 0 Å².